The Bertz CT molecular complexity index is 1400. The fraction of sp³-hybridized carbons (Fsp3) is 0.515. The quantitative estimate of drug-likeness (QED) is 0.180. The van der Waals surface area contributed by atoms with E-state index >= 15 is 0 Å². The molecule has 2 aromatic rings. The number of hydrogen-bond acceptors (Lipinski definition) is 11. The summed E-state index contributed by atoms with van der Waals surface area (Å²) in [6.07, 6.45) is -8.67. The highest BCUT2D eigenvalue weighted by molar-refractivity contribution is 5.90. The van der Waals surface area contributed by atoms with E-state index in [4.69, 9.17) is 9.47 Å². The van der Waals surface area contributed by atoms with Crippen molar-refractivity contribution < 1.29 is 54.8 Å². The van der Waals surface area contributed by atoms with Crippen LogP contribution in [0.4, 0.5) is 0 Å². The molecule has 3 unspecified atom stereocenters. The van der Waals surface area contributed by atoms with Gasteiger partial charge in [0.25, 0.3) is 0 Å². The van der Waals surface area contributed by atoms with Crippen LogP contribution in [0.1, 0.15) is 53.8 Å². The molecule has 0 spiro atoms. The largest absolute Gasteiger partial charge is 0.459 e. The summed E-state index contributed by atoms with van der Waals surface area (Å²) in [6.45, 7) is 5.85. The Hall–Kier alpha value is -3.16. The van der Waals surface area contributed by atoms with E-state index in [1.807, 2.05) is 0 Å². The second kappa shape index (κ2) is 11.3. The number of ether oxygens (including phenoxy) is 2. The summed E-state index contributed by atoms with van der Waals surface area (Å²) in [6, 6.07) is 15.5. The van der Waals surface area contributed by atoms with Gasteiger partial charge in [0, 0.05) is 5.92 Å². The van der Waals surface area contributed by atoms with Crippen molar-refractivity contribution >= 4 is 11.9 Å². The Morgan fingerprint density at radius 3 is 1.95 bits per heavy atom. The van der Waals surface area contributed by atoms with Gasteiger partial charge in [0.2, 0.25) is 0 Å². The first kappa shape index (κ1) is 32.2. The van der Waals surface area contributed by atoms with Gasteiger partial charge in [0.15, 0.2) is 5.60 Å². The maximum atomic E-state index is 13.4. The van der Waals surface area contributed by atoms with E-state index in [9.17, 15) is 45.3 Å². The van der Waals surface area contributed by atoms with Crippen LogP contribution in [0.5, 0.6) is 0 Å². The van der Waals surface area contributed by atoms with E-state index in [1.165, 1.54) is 31.2 Å². The van der Waals surface area contributed by atoms with E-state index in [0.29, 0.717) is 0 Å². The van der Waals surface area contributed by atoms with Crippen molar-refractivity contribution in [3.63, 3.8) is 0 Å². The van der Waals surface area contributed by atoms with Crippen molar-refractivity contribution in [2.24, 2.45) is 17.8 Å². The van der Waals surface area contributed by atoms with Crippen LogP contribution >= 0.6 is 0 Å². The molecule has 44 heavy (non-hydrogen) atoms. The van der Waals surface area contributed by atoms with Crippen molar-refractivity contribution in [3.8, 4) is 0 Å². The third-order valence-corrected chi connectivity index (χ3v) is 10.3. The summed E-state index contributed by atoms with van der Waals surface area (Å²) in [7, 11) is 0. The summed E-state index contributed by atoms with van der Waals surface area (Å²) in [5.74, 6) is -5.66. The number of carbonyl (C=O) groups is 2. The second-order valence-corrected chi connectivity index (χ2v) is 12.8. The Morgan fingerprint density at radius 1 is 0.864 bits per heavy atom. The molecule has 0 aromatic heterocycles. The second-order valence-electron chi connectivity index (χ2n) is 12.8. The Kier molecular flexibility index (Phi) is 8.30. The molecule has 3 saturated carbocycles. The molecule has 0 saturated heterocycles. The minimum absolute atomic E-state index is 0.0564. The fourth-order valence-electron chi connectivity index (χ4n) is 7.67. The fourth-order valence-corrected chi connectivity index (χ4v) is 7.67. The normalized spacial score (nSPS) is 41.5. The van der Waals surface area contributed by atoms with E-state index in [-0.39, 0.29) is 36.0 Å². The maximum Gasteiger partial charge on any atom is 0.338 e. The average molecular weight is 613 g/mol. The number of rotatable bonds is 6. The van der Waals surface area contributed by atoms with Gasteiger partial charge >= 0.3 is 11.9 Å². The lowest BCUT2D eigenvalue weighted by Crippen LogP contribution is -2.69. The van der Waals surface area contributed by atoms with Crippen molar-refractivity contribution in [1.29, 1.82) is 0 Å². The number of aliphatic hydroxyl groups is 7. The first-order chi connectivity index (χ1) is 20.6. The predicted molar refractivity (Wildman–Crippen MR) is 155 cm³/mol. The molecule has 238 valence electrons. The third-order valence-electron chi connectivity index (χ3n) is 10.3. The summed E-state index contributed by atoms with van der Waals surface area (Å²) in [5.41, 5.74) is -9.44. The summed E-state index contributed by atoms with van der Waals surface area (Å²) < 4.78 is 11.2. The van der Waals surface area contributed by atoms with Crippen LogP contribution in [0.3, 0.4) is 0 Å². The summed E-state index contributed by atoms with van der Waals surface area (Å²) in [5, 5.41) is 83.6. The minimum Gasteiger partial charge on any atom is -0.459 e. The van der Waals surface area contributed by atoms with Gasteiger partial charge in [-0.25, -0.2) is 9.59 Å². The van der Waals surface area contributed by atoms with Gasteiger partial charge < -0.3 is 45.2 Å². The zero-order valence-electron chi connectivity index (χ0n) is 24.6. The topological polar surface area (TPSA) is 194 Å². The van der Waals surface area contributed by atoms with Crippen LogP contribution in [0.15, 0.2) is 72.8 Å². The molecule has 0 heterocycles. The number of benzene rings is 2. The van der Waals surface area contributed by atoms with Gasteiger partial charge in [0.05, 0.1) is 34.9 Å². The number of carbonyl (C=O) groups excluding carboxylic acids is 2. The molecule has 5 rings (SSSR count). The van der Waals surface area contributed by atoms with Gasteiger partial charge in [0.1, 0.15) is 30.0 Å². The lowest BCUT2D eigenvalue weighted by Gasteiger charge is -2.55. The molecule has 0 bridgehead atoms. The summed E-state index contributed by atoms with van der Waals surface area (Å²) in [4.78, 5) is 26.3. The van der Waals surface area contributed by atoms with Crippen LogP contribution in [0.2, 0.25) is 0 Å². The van der Waals surface area contributed by atoms with E-state index in [2.05, 4.69) is 6.58 Å². The van der Waals surface area contributed by atoms with Crippen LogP contribution < -0.4 is 0 Å². The molecule has 0 amide bonds. The molecule has 3 aliphatic carbocycles. The lowest BCUT2D eigenvalue weighted by molar-refractivity contribution is -0.251. The number of esters is 2. The molecule has 7 N–H and O–H groups in total. The Morgan fingerprint density at radius 2 is 1.41 bits per heavy atom. The van der Waals surface area contributed by atoms with Gasteiger partial charge in [-0.3, -0.25) is 0 Å². The minimum atomic E-state index is -2.93. The zero-order chi connectivity index (χ0) is 32.2. The van der Waals surface area contributed by atoms with Crippen molar-refractivity contribution in [2.45, 2.75) is 79.9 Å². The van der Waals surface area contributed by atoms with Crippen LogP contribution in [0.25, 0.3) is 0 Å². The van der Waals surface area contributed by atoms with Gasteiger partial charge in [-0.1, -0.05) is 49.9 Å². The monoisotopic (exact) mass is 612 g/mol. The third kappa shape index (κ3) is 4.78. The van der Waals surface area contributed by atoms with Gasteiger partial charge in [-0.15, -0.1) is 0 Å². The lowest BCUT2D eigenvalue weighted by atomic mass is 9.57. The smallest absolute Gasteiger partial charge is 0.338 e. The van der Waals surface area contributed by atoms with Crippen LogP contribution in [-0.4, -0.2) is 101 Å². The molecule has 11 nitrogen and oxygen atoms in total. The molecule has 2 aromatic carbocycles. The van der Waals surface area contributed by atoms with E-state index in [1.54, 1.807) is 43.3 Å². The summed E-state index contributed by atoms with van der Waals surface area (Å²) >= 11 is 0. The molecule has 11 atom stereocenters. The van der Waals surface area contributed by atoms with Crippen molar-refractivity contribution in [2.75, 3.05) is 6.61 Å². The van der Waals surface area contributed by atoms with Gasteiger partial charge in [-0.05, 0) is 61.9 Å². The van der Waals surface area contributed by atoms with Crippen molar-refractivity contribution in [1.82, 2.24) is 0 Å². The molecule has 3 fully saturated rings. The number of fused-ring (bicyclic) bond motifs is 3. The zero-order valence-corrected chi connectivity index (χ0v) is 24.6. The highest BCUT2D eigenvalue weighted by Gasteiger charge is 2.77. The first-order valence-corrected chi connectivity index (χ1v) is 14.7. The standard InChI is InChI=1S/C33H40O11/c1-18(2)30(39)14-15-31(40)22-16-19(3)24(34)33(22,42)29(38)32(41,17-43-27(36)20-10-6-4-7-11-20)25(35)23(31)26(30)44-28(37)21-12-8-5-9-13-21/h4-13,19,22-26,29,34-35,38-42H,1,14-17H2,2-3H3/t19-,22?,23?,24-,25-,26+,29+,30+,31?,32-,33+/m0/s1. The first-order valence-electron chi connectivity index (χ1n) is 14.7. The molecular formula is C33H40O11. The number of hydrogen-bond donors (Lipinski definition) is 7. The molecular weight excluding hydrogens is 572 g/mol. The molecule has 3 aliphatic rings. The van der Waals surface area contributed by atoms with E-state index < -0.39 is 83.1 Å². The highest BCUT2D eigenvalue weighted by atomic mass is 16.6. The maximum absolute atomic E-state index is 13.4. The molecule has 0 radical (unpaired) electrons. The predicted octanol–water partition coefficient (Wildman–Crippen LogP) is 0.732. The molecule has 11 heteroatoms. The Balaban J connectivity index is 1.65. The SMILES string of the molecule is C=C(C)[C@]1(O)CCC2(O)C([C@H]1OC(=O)c1ccccc1)[C@H](O)[C@@](O)(COC(=O)c1ccccc1)[C@@H](O)[C@@]1(O)C2C[C@H](C)[C@@H]1O. The Labute approximate surface area is 255 Å². The highest BCUT2D eigenvalue weighted by Crippen LogP contribution is 2.61. The average Bonchev–Trinajstić information content (AvgIpc) is 3.24. The van der Waals surface area contributed by atoms with Gasteiger partial charge in [-0.2, -0.15) is 0 Å². The molecule has 0 aliphatic heterocycles. The number of aliphatic hydroxyl groups excluding tert-OH is 3. The van der Waals surface area contributed by atoms with Crippen LogP contribution in [-0.2, 0) is 9.47 Å². The van der Waals surface area contributed by atoms with Crippen LogP contribution in [0, 0.1) is 17.8 Å². The van der Waals surface area contributed by atoms with E-state index in [0.717, 1.165) is 0 Å². The van der Waals surface area contributed by atoms with Crippen molar-refractivity contribution in [3.05, 3.63) is 83.9 Å².